The molecule has 3 aromatic rings. The fraction of sp³-hybridized carbons (Fsp3) is 0.267. The normalized spacial score (nSPS) is 11.2. The molecule has 0 aliphatic heterocycles. The number of para-hydroxylation sites is 1. The van der Waals surface area contributed by atoms with Crippen LogP contribution < -0.4 is 5.32 Å². The largest absolute Gasteiger partial charge is 0.360 e. The number of anilines is 1. The maximum absolute atomic E-state index is 12.3. The zero-order valence-electron chi connectivity index (χ0n) is 11.9. The third-order valence-electron chi connectivity index (χ3n) is 3.10. The molecule has 1 amide bonds. The molecule has 0 aliphatic rings. The number of hydrogen-bond donors (Lipinski definition) is 2. The van der Waals surface area contributed by atoms with Crippen LogP contribution in [-0.4, -0.2) is 21.1 Å². The van der Waals surface area contributed by atoms with Gasteiger partial charge in [0.25, 0.3) is 5.91 Å². The number of carbonyl (C=O) groups is 1. The summed E-state index contributed by atoms with van der Waals surface area (Å²) in [5.41, 5.74) is 1.56. The molecule has 1 aromatic carbocycles. The Labute approximate surface area is 126 Å². The van der Waals surface area contributed by atoms with Crippen LogP contribution >= 0.6 is 11.3 Å². The lowest BCUT2D eigenvalue weighted by molar-refractivity contribution is 0.102. The Bertz CT molecular complexity index is 775. The maximum atomic E-state index is 12.3. The Balaban J connectivity index is 1.78. The number of nitrogens with zero attached hydrogens (tertiary/aromatic N) is 2. The first kappa shape index (κ1) is 13.8. The van der Waals surface area contributed by atoms with Crippen molar-refractivity contribution < 1.29 is 4.79 Å². The highest BCUT2D eigenvalue weighted by Gasteiger charge is 2.14. The monoisotopic (exact) mass is 300 g/mol. The van der Waals surface area contributed by atoms with Gasteiger partial charge in [0.15, 0.2) is 0 Å². The Hall–Kier alpha value is -2.21. The lowest BCUT2D eigenvalue weighted by Gasteiger charge is -1.99. The van der Waals surface area contributed by atoms with Crippen molar-refractivity contribution in [2.75, 3.05) is 5.32 Å². The first-order valence-electron chi connectivity index (χ1n) is 6.83. The van der Waals surface area contributed by atoms with Crippen LogP contribution in [0.2, 0.25) is 0 Å². The smallest absolute Gasteiger partial charge is 0.259 e. The third-order valence-corrected chi connectivity index (χ3v) is 3.97. The summed E-state index contributed by atoms with van der Waals surface area (Å²) < 4.78 is 0. The SMILES string of the molecule is CC(C)Cc1nnc(NC(=O)c2c[nH]c3ccccc23)s1. The Morgan fingerprint density at radius 1 is 1.33 bits per heavy atom. The molecule has 0 bridgehead atoms. The average molecular weight is 300 g/mol. The number of carbonyl (C=O) groups excluding carboxylic acids is 1. The van der Waals surface area contributed by atoms with Crippen LogP contribution in [0.4, 0.5) is 5.13 Å². The fourth-order valence-corrected chi connectivity index (χ4v) is 3.11. The van der Waals surface area contributed by atoms with Crippen LogP contribution in [0.3, 0.4) is 0 Å². The molecule has 0 atom stereocenters. The quantitative estimate of drug-likeness (QED) is 0.775. The number of nitrogens with one attached hydrogen (secondary N) is 2. The van der Waals surface area contributed by atoms with E-state index in [1.54, 1.807) is 6.20 Å². The molecule has 2 N–H and O–H groups in total. The van der Waals surface area contributed by atoms with Gasteiger partial charge in [-0.3, -0.25) is 10.1 Å². The minimum Gasteiger partial charge on any atom is -0.360 e. The Kier molecular flexibility index (Phi) is 3.70. The minimum atomic E-state index is -0.167. The maximum Gasteiger partial charge on any atom is 0.259 e. The molecule has 6 heteroatoms. The molecular formula is C15H16N4OS. The molecule has 0 radical (unpaired) electrons. The highest BCUT2D eigenvalue weighted by molar-refractivity contribution is 7.15. The summed E-state index contributed by atoms with van der Waals surface area (Å²) in [5, 5.41) is 13.3. The minimum absolute atomic E-state index is 0.167. The van der Waals surface area contributed by atoms with E-state index in [9.17, 15) is 4.79 Å². The number of fused-ring (bicyclic) bond motifs is 1. The molecule has 0 saturated heterocycles. The zero-order valence-corrected chi connectivity index (χ0v) is 12.7. The first-order chi connectivity index (χ1) is 10.1. The van der Waals surface area contributed by atoms with E-state index >= 15 is 0 Å². The number of aromatic nitrogens is 3. The number of amides is 1. The van der Waals surface area contributed by atoms with E-state index in [0.717, 1.165) is 22.3 Å². The second kappa shape index (κ2) is 5.65. The van der Waals surface area contributed by atoms with Gasteiger partial charge in [-0.2, -0.15) is 0 Å². The van der Waals surface area contributed by atoms with Gasteiger partial charge in [-0.25, -0.2) is 0 Å². The molecule has 2 heterocycles. The van der Waals surface area contributed by atoms with Gasteiger partial charge in [-0.05, 0) is 12.0 Å². The Morgan fingerprint density at radius 2 is 2.14 bits per heavy atom. The molecule has 0 saturated carbocycles. The van der Waals surface area contributed by atoms with E-state index in [0.29, 0.717) is 16.6 Å². The van der Waals surface area contributed by atoms with Gasteiger partial charge in [-0.15, -0.1) is 10.2 Å². The highest BCUT2D eigenvalue weighted by Crippen LogP contribution is 2.22. The van der Waals surface area contributed by atoms with E-state index in [1.165, 1.54) is 11.3 Å². The molecule has 3 rings (SSSR count). The molecule has 2 aromatic heterocycles. The van der Waals surface area contributed by atoms with Gasteiger partial charge >= 0.3 is 0 Å². The summed E-state index contributed by atoms with van der Waals surface area (Å²) in [7, 11) is 0. The number of rotatable bonds is 4. The van der Waals surface area contributed by atoms with Gasteiger partial charge in [0.1, 0.15) is 5.01 Å². The van der Waals surface area contributed by atoms with Crippen LogP contribution in [0.5, 0.6) is 0 Å². The standard InChI is InChI=1S/C15H16N4OS/c1-9(2)7-13-18-19-15(21-13)17-14(20)11-8-16-12-6-4-3-5-10(11)12/h3-6,8-9,16H,7H2,1-2H3,(H,17,19,20). The van der Waals surface area contributed by atoms with Gasteiger partial charge in [0.05, 0.1) is 5.56 Å². The Morgan fingerprint density at radius 3 is 2.95 bits per heavy atom. The van der Waals surface area contributed by atoms with Crippen LogP contribution in [0, 0.1) is 5.92 Å². The van der Waals surface area contributed by atoms with Crippen LogP contribution in [-0.2, 0) is 6.42 Å². The predicted molar refractivity (Wildman–Crippen MR) is 84.7 cm³/mol. The molecule has 0 spiro atoms. The van der Waals surface area contributed by atoms with Crippen molar-refractivity contribution in [2.24, 2.45) is 5.92 Å². The molecule has 21 heavy (non-hydrogen) atoms. The third kappa shape index (κ3) is 2.95. The summed E-state index contributed by atoms with van der Waals surface area (Å²) in [6, 6.07) is 7.71. The second-order valence-corrected chi connectivity index (χ2v) is 6.36. The lowest BCUT2D eigenvalue weighted by atomic mass is 10.1. The summed E-state index contributed by atoms with van der Waals surface area (Å²) >= 11 is 1.43. The van der Waals surface area contributed by atoms with Crippen molar-refractivity contribution in [1.29, 1.82) is 0 Å². The number of aromatic amines is 1. The molecule has 0 unspecified atom stereocenters. The van der Waals surface area contributed by atoms with Crippen molar-refractivity contribution in [3.8, 4) is 0 Å². The van der Waals surface area contributed by atoms with Crippen LogP contribution in [0.1, 0.15) is 29.2 Å². The second-order valence-electron chi connectivity index (χ2n) is 5.30. The van der Waals surface area contributed by atoms with E-state index in [1.807, 2.05) is 24.3 Å². The summed E-state index contributed by atoms with van der Waals surface area (Å²) in [5.74, 6) is 0.356. The van der Waals surface area contributed by atoms with E-state index in [2.05, 4.69) is 34.3 Å². The predicted octanol–water partition coefficient (Wildman–Crippen LogP) is 3.47. The summed E-state index contributed by atoms with van der Waals surface area (Å²) in [4.78, 5) is 15.4. The van der Waals surface area contributed by atoms with E-state index in [-0.39, 0.29) is 5.91 Å². The van der Waals surface area contributed by atoms with E-state index < -0.39 is 0 Å². The highest BCUT2D eigenvalue weighted by atomic mass is 32.1. The summed E-state index contributed by atoms with van der Waals surface area (Å²) in [6.07, 6.45) is 2.59. The van der Waals surface area contributed by atoms with Gasteiger partial charge in [-0.1, -0.05) is 43.4 Å². The molecule has 5 nitrogen and oxygen atoms in total. The van der Waals surface area contributed by atoms with Gasteiger partial charge in [0.2, 0.25) is 5.13 Å². The van der Waals surface area contributed by atoms with Crippen molar-refractivity contribution in [3.05, 3.63) is 41.0 Å². The summed E-state index contributed by atoms with van der Waals surface area (Å²) in [6.45, 7) is 4.26. The molecular weight excluding hydrogens is 284 g/mol. The first-order valence-corrected chi connectivity index (χ1v) is 7.65. The molecule has 0 fully saturated rings. The van der Waals surface area contributed by atoms with Gasteiger partial charge < -0.3 is 4.98 Å². The van der Waals surface area contributed by atoms with Crippen molar-refractivity contribution in [2.45, 2.75) is 20.3 Å². The average Bonchev–Trinajstić information content (AvgIpc) is 3.04. The topological polar surface area (TPSA) is 70.7 Å². The van der Waals surface area contributed by atoms with Crippen LogP contribution in [0.15, 0.2) is 30.5 Å². The van der Waals surface area contributed by atoms with Crippen molar-refractivity contribution >= 4 is 33.3 Å². The molecule has 108 valence electrons. The fourth-order valence-electron chi connectivity index (χ4n) is 2.16. The molecule has 0 aliphatic carbocycles. The van der Waals surface area contributed by atoms with Crippen molar-refractivity contribution in [1.82, 2.24) is 15.2 Å². The van der Waals surface area contributed by atoms with E-state index in [4.69, 9.17) is 0 Å². The number of H-pyrrole nitrogens is 1. The lowest BCUT2D eigenvalue weighted by Crippen LogP contribution is -2.11. The van der Waals surface area contributed by atoms with Crippen LogP contribution in [0.25, 0.3) is 10.9 Å². The zero-order chi connectivity index (χ0) is 14.8. The van der Waals surface area contributed by atoms with Crippen molar-refractivity contribution in [3.63, 3.8) is 0 Å². The number of hydrogen-bond acceptors (Lipinski definition) is 4. The van der Waals surface area contributed by atoms with Gasteiger partial charge in [0, 0.05) is 23.5 Å². The number of benzene rings is 1.